The molecule has 0 saturated carbocycles. The summed E-state index contributed by atoms with van der Waals surface area (Å²) in [5.74, 6) is -0.0273. The smallest absolute Gasteiger partial charge is 0.236 e. The second kappa shape index (κ2) is 4.19. The third-order valence-electron chi connectivity index (χ3n) is 1.45. The van der Waals surface area contributed by atoms with Gasteiger partial charge in [0, 0.05) is 5.38 Å². The Bertz CT molecular complexity index is 279. The summed E-state index contributed by atoms with van der Waals surface area (Å²) >= 11 is 4.80. The Balaban J connectivity index is 2.40. The number of rotatable bonds is 3. The van der Waals surface area contributed by atoms with E-state index in [9.17, 15) is 4.79 Å². The van der Waals surface area contributed by atoms with E-state index in [1.807, 2.05) is 19.2 Å². The summed E-state index contributed by atoms with van der Waals surface area (Å²) in [5.41, 5.74) is 2.65. The van der Waals surface area contributed by atoms with Gasteiger partial charge in [0.15, 0.2) is 0 Å². The van der Waals surface area contributed by atoms with Crippen LogP contribution in [0.25, 0.3) is 0 Å². The molecule has 0 atom stereocenters. The number of thiazole rings is 1. The fourth-order valence-corrected chi connectivity index (χ4v) is 1.40. The van der Waals surface area contributed by atoms with Gasteiger partial charge in [-0.3, -0.25) is 4.79 Å². The van der Waals surface area contributed by atoms with Crippen LogP contribution in [-0.2, 0) is 11.3 Å². The number of nitrogens with zero attached hydrogens (tertiary/aromatic N) is 1. The Morgan fingerprint density at radius 2 is 2.46 bits per heavy atom. The van der Waals surface area contributed by atoms with E-state index < -0.39 is 4.32 Å². The molecule has 0 unspecified atom stereocenters. The van der Waals surface area contributed by atoms with Crippen LogP contribution < -0.4 is 5.32 Å². The van der Waals surface area contributed by atoms with Crippen molar-refractivity contribution in [1.29, 1.82) is 0 Å². The van der Waals surface area contributed by atoms with E-state index in [0.29, 0.717) is 6.54 Å². The molecule has 0 aliphatic carbocycles. The summed E-state index contributed by atoms with van der Waals surface area (Å²) in [6, 6.07) is 0. The average molecular weight is 263 g/mol. The maximum atomic E-state index is 11.4. The molecule has 13 heavy (non-hydrogen) atoms. The van der Waals surface area contributed by atoms with E-state index in [4.69, 9.17) is 0 Å². The molecule has 0 radical (unpaired) electrons. The van der Waals surface area contributed by atoms with Crippen molar-refractivity contribution < 1.29 is 4.79 Å². The largest absolute Gasteiger partial charge is 0.349 e. The summed E-state index contributed by atoms with van der Waals surface area (Å²) in [4.78, 5) is 15.4. The Kier molecular flexibility index (Phi) is 3.44. The van der Waals surface area contributed by atoms with Crippen molar-refractivity contribution in [3.8, 4) is 0 Å². The molecule has 1 N–H and O–H groups in total. The Labute approximate surface area is 89.7 Å². The lowest BCUT2D eigenvalue weighted by molar-refractivity contribution is -0.122. The van der Waals surface area contributed by atoms with Gasteiger partial charge in [-0.25, -0.2) is 4.98 Å². The van der Waals surface area contributed by atoms with E-state index in [2.05, 4.69) is 26.2 Å². The minimum atomic E-state index is -0.511. The Morgan fingerprint density at radius 3 is 2.92 bits per heavy atom. The molecule has 0 bridgehead atoms. The van der Waals surface area contributed by atoms with Crippen LogP contribution in [0.3, 0.4) is 0 Å². The number of hydrogen-bond donors (Lipinski definition) is 1. The summed E-state index contributed by atoms with van der Waals surface area (Å²) < 4.78 is -0.511. The highest BCUT2D eigenvalue weighted by Gasteiger charge is 2.22. The molecular weight excluding hydrogens is 252 g/mol. The highest BCUT2D eigenvalue weighted by Crippen LogP contribution is 2.15. The summed E-state index contributed by atoms with van der Waals surface area (Å²) in [6.45, 7) is 4.12. The topological polar surface area (TPSA) is 42.0 Å². The molecule has 1 rings (SSSR count). The van der Waals surface area contributed by atoms with Gasteiger partial charge in [-0.15, -0.1) is 11.3 Å². The van der Waals surface area contributed by atoms with Crippen molar-refractivity contribution in [3.05, 3.63) is 16.6 Å². The van der Waals surface area contributed by atoms with Gasteiger partial charge in [0.25, 0.3) is 0 Å². The predicted octanol–water partition coefficient (Wildman–Crippen LogP) is 1.93. The van der Waals surface area contributed by atoms with Crippen LogP contribution in [0.1, 0.15) is 19.5 Å². The number of carbonyl (C=O) groups excluding carboxylic acids is 1. The first kappa shape index (κ1) is 10.7. The molecule has 72 valence electrons. The first-order chi connectivity index (χ1) is 6.00. The maximum Gasteiger partial charge on any atom is 0.236 e. The normalized spacial score (nSPS) is 11.3. The van der Waals surface area contributed by atoms with Crippen molar-refractivity contribution in [2.24, 2.45) is 0 Å². The van der Waals surface area contributed by atoms with Gasteiger partial charge in [-0.1, -0.05) is 15.9 Å². The first-order valence-electron chi connectivity index (χ1n) is 3.84. The number of carbonyl (C=O) groups is 1. The van der Waals surface area contributed by atoms with E-state index in [0.717, 1.165) is 5.69 Å². The third-order valence-corrected chi connectivity index (χ3v) is 2.45. The molecule has 0 aliphatic rings. The lowest BCUT2D eigenvalue weighted by Gasteiger charge is -2.14. The number of halogens is 1. The lowest BCUT2D eigenvalue weighted by Crippen LogP contribution is -2.37. The molecule has 1 amide bonds. The number of aromatic nitrogens is 1. The monoisotopic (exact) mass is 262 g/mol. The van der Waals surface area contributed by atoms with Gasteiger partial charge in [0.1, 0.15) is 0 Å². The minimum absolute atomic E-state index is 0.0273. The van der Waals surface area contributed by atoms with Crippen molar-refractivity contribution in [1.82, 2.24) is 10.3 Å². The standard InChI is InChI=1S/C8H11BrN2OS/c1-8(2,9)7(12)10-3-6-4-13-5-11-6/h4-5H,3H2,1-2H3,(H,10,12). The quantitative estimate of drug-likeness (QED) is 0.847. The zero-order valence-corrected chi connectivity index (χ0v) is 9.91. The number of alkyl halides is 1. The molecule has 0 spiro atoms. The number of amides is 1. The van der Waals surface area contributed by atoms with E-state index >= 15 is 0 Å². The fraction of sp³-hybridized carbons (Fsp3) is 0.500. The maximum absolute atomic E-state index is 11.4. The summed E-state index contributed by atoms with van der Waals surface area (Å²) in [5, 5.41) is 4.70. The molecule has 1 heterocycles. The van der Waals surface area contributed by atoms with Crippen molar-refractivity contribution in [2.45, 2.75) is 24.7 Å². The number of hydrogen-bond acceptors (Lipinski definition) is 3. The minimum Gasteiger partial charge on any atom is -0.349 e. The van der Waals surface area contributed by atoms with Crippen LogP contribution in [0.2, 0.25) is 0 Å². The van der Waals surface area contributed by atoms with Crippen molar-refractivity contribution in [3.63, 3.8) is 0 Å². The van der Waals surface area contributed by atoms with Crippen LogP contribution in [-0.4, -0.2) is 15.2 Å². The Morgan fingerprint density at radius 1 is 1.77 bits per heavy atom. The van der Waals surface area contributed by atoms with Crippen molar-refractivity contribution >= 4 is 33.2 Å². The van der Waals surface area contributed by atoms with Gasteiger partial charge < -0.3 is 5.32 Å². The van der Waals surface area contributed by atoms with Gasteiger partial charge in [-0.2, -0.15) is 0 Å². The van der Waals surface area contributed by atoms with E-state index in [1.165, 1.54) is 11.3 Å². The van der Waals surface area contributed by atoms with Gasteiger partial charge in [0.05, 0.1) is 22.1 Å². The van der Waals surface area contributed by atoms with Gasteiger partial charge in [-0.05, 0) is 13.8 Å². The SMILES string of the molecule is CC(C)(Br)C(=O)NCc1cscn1. The Hall–Kier alpha value is -0.420. The second-order valence-corrected chi connectivity index (χ2v) is 5.84. The highest BCUT2D eigenvalue weighted by molar-refractivity contribution is 9.10. The average Bonchev–Trinajstić information content (AvgIpc) is 2.50. The molecule has 3 nitrogen and oxygen atoms in total. The molecule has 1 aromatic rings. The first-order valence-corrected chi connectivity index (χ1v) is 5.58. The van der Waals surface area contributed by atoms with Crippen LogP contribution in [0.15, 0.2) is 10.9 Å². The van der Waals surface area contributed by atoms with Crippen LogP contribution >= 0.6 is 27.3 Å². The molecule has 0 aromatic carbocycles. The molecular formula is C8H11BrN2OS. The molecule has 0 saturated heterocycles. The predicted molar refractivity (Wildman–Crippen MR) is 57.0 cm³/mol. The molecule has 0 fully saturated rings. The lowest BCUT2D eigenvalue weighted by atomic mass is 10.2. The van der Waals surface area contributed by atoms with Crippen LogP contribution in [0, 0.1) is 0 Å². The fourth-order valence-electron chi connectivity index (χ4n) is 0.706. The summed E-state index contributed by atoms with van der Waals surface area (Å²) in [6.07, 6.45) is 0. The van der Waals surface area contributed by atoms with Crippen LogP contribution in [0.4, 0.5) is 0 Å². The molecule has 0 aliphatic heterocycles. The van der Waals surface area contributed by atoms with Gasteiger partial charge in [0.2, 0.25) is 5.91 Å². The zero-order chi connectivity index (χ0) is 9.90. The molecule has 1 aromatic heterocycles. The number of nitrogens with one attached hydrogen (secondary N) is 1. The third kappa shape index (κ3) is 3.44. The zero-order valence-electron chi connectivity index (χ0n) is 7.50. The van der Waals surface area contributed by atoms with E-state index in [1.54, 1.807) is 5.51 Å². The van der Waals surface area contributed by atoms with Crippen LogP contribution in [0.5, 0.6) is 0 Å². The molecule has 5 heteroatoms. The highest BCUT2D eigenvalue weighted by atomic mass is 79.9. The van der Waals surface area contributed by atoms with Gasteiger partial charge >= 0.3 is 0 Å². The van der Waals surface area contributed by atoms with Crippen molar-refractivity contribution in [2.75, 3.05) is 0 Å². The summed E-state index contributed by atoms with van der Waals surface area (Å²) in [7, 11) is 0. The second-order valence-electron chi connectivity index (χ2n) is 3.13. The van der Waals surface area contributed by atoms with E-state index in [-0.39, 0.29) is 5.91 Å².